The Balaban J connectivity index is 4.24. The van der Waals surface area contributed by atoms with E-state index >= 15 is 0 Å². The van der Waals surface area contributed by atoms with Crippen molar-refractivity contribution in [3.8, 4) is 0 Å². The second-order valence-corrected chi connectivity index (χ2v) is 22.1. The summed E-state index contributed by atoms with van der Waals surface area (Å²) in [4.78, 5) is 23.3. The molecule has 0 saturated carbocycles. The maximum absolute atomic E-state index is 13.0. The van der Waals surface area contributed by atoms with Crippen molar-refractivity contribution in [2.24, 2.45) is 0 Å². The van der Waals surface area contributed by atoms with Crippen molar-refractivity contribution >= 4 is 13.7 Å². The number of rotatable bonds is 52. The molecule has 414 valence electrons. The number of quaternary nitrogens is 1. The molecule has 0 rings (SSSR count). The summed E-state index contributed by atoms with van der Waals surface area (Å²) in [6, 6.07) is -0.878. The number of amides is 1. The lowest BCUT2D eigenvalue weighted by atomic mass is 10.0. The quantitative estimate of drug-likeness (QED) is 0.0243. The standard InChI is InChI=1S/C63H111N2O6P/c1-6-8-10-12-14-16-18-20-22-24-26-27-28-29-30-31-32-33-34-35-36-37-39-41-43-45-47-49-51-53-55-57-63(67)64-61(60-71-72(68,69)70-59-58-65(3,4)5)62(66)56-54-52-50-48-46-44-42-40-38-25-23-21-19-17-15-13-11-9-7-2/h8,10,14,16,20,22,26-27,29-30,32-33,38,40,46,48,54,56,61-62,66H,6-7,9,11-13,15,17-19,21,23-25,28,31,34-37,39,41-45,47,49-53,55,57-60H2,1-5H3,(H-,64,67,68,69)/p+1/b10-8-,16-14-,22-20-,27-26-,30-29-,33-32-,40-38+,48-46+,56-54+. The van der Waals surface area contributed by atoms with E-state index in [0.717, 1.165) is 83.5 Å². The number of carbonyl (C=O) groups is 1. The first-order valence-electron chi connectivity index (χ1n) is 29.3. The van der Waals surface area contributed by atoms with E-state index in [2.05, 4.69) is 116 Å². The Kier molecular flexibility index (Phi) is 50.9. The van der Waals surface area contributed by atoms with Gasteiger partial charge in [0.25, 0.3) is 0 Å². The number of nitrogens with zero attached hydrogens (tertiary/aromatic N) is 1. The molecule has 1 amide bonds. The Morgan fingerprint density at radius 2 is 0.847 bits per heavy atom. The van der Waals surface area contributed by atoms with E-state index in [1.54, 1.807) is 6.08 Å². The Bertz CT molecular complexity index is 1540. The maximum atomic E-state index is 13.0. The van der Waals surface area contributed by atoms with Crippen molar-refractivity contribution in [3.05, 3.63) is 109 Å². The summed E-state index contributed by atoms with van der Waals surface area (Å²) in [7, 11) is 1.53. The minimum Gasteiger partial charge on any atom is -0.387 e. The van der Waals surface area contributed by atoms with Crippen LogP contribution in [0, 0.1) is 0 Å². The fourth-order valence-corrected chi connectivity index (χ4v) is 8.64. The van der Waals surface area contributed by atoms with Gasteiger partial charge < -0.3 is 19.8 Å². The van der Waals surface area contributed by atoms with E-state index in [0.29, 0.717) is 17.4 Å². The van der Waals surface area contributed by atoms with Crippen LogP contribution in [-0.2, 0) is 18.4 Å². The van der Waals surface area contributed by atoms with Crippen LogP contribution in [0.5, 0.6) is 0 Å². The van der Waals surface area contributed by atoms with E-state index in [1.165, 1.54) is 128 Å². The predicted molar refractivity (Wildman–Crippen MR) is 313 cm³/mol. The Hall–Kier alpha value is -2.84. The third kappa shape index (κ3) is 54.9. The molecule has 0 heterocycles. The summed E-state index contributed by atoms with van der Waals surface area (Å²) in [5, 5.41) is 13.9. The van der Waals surface area contributed by atoms with Crippen LogP contribution in [0.1, 0.15) is 232 Å². The van der Waals surface area contributed by atoms with Gasteiger partial charge in [-0.05, 0) is 96.3 Å². The highest BCUT2D eigenvalue weighted by Crippen LogP contribution is 2.43. The van der Waals surface area contributed by atoms with Gasteiger partial charge in [-0.2, -0.15) is 0 Å². The molecule has 0 aliphatic rings. The summed E-state index contributed by atoms with van der Waals surface area (Å²) in [5.74, 6) is -0.197. The third-order valence-corrected chi connectivity index (χ3v) is 13.4. The summed E-state index contributed by atoms with van der Waals surface area (Å²) in [5.41, 5.74) is 0. The highest BCUT2D eigenvalue weighted by molar-refractivity contribution is 7.47. The lowest BCUT2D eigenvalue weighted by Crippen LogP contribution is -2.45. The van der Waals surface area contributed by atoms with E-state index in [4.69, 9.17) is 9.05 Å². The lowest BCUT2D eigenvalue weighted by molar-refractivity contribution is -0.870. The number of aliphatic hydroxyl groups is 1. The molecule has 3 N–H and O–H groups in total. The summed E-state index contributed by atoms with van der Waals surface area (Å²) >= 11 is 0. The summed E-state index contributed by atoms with van der Waals surface area (Å²) < 4.78 is 23.7. The van der Waals surface area contributed by atoms with Crippen LogP contribution < -0.4 is 5.32 Å². The molecule has 0 saturated heterocycles. The smallest absolute Gasteiger partial charge is 0.387 e. The number of allylic oxidation sites excluding steroid dienone is 17. The second-order valence-electron chi connectivity index (χ2n) is 20.6. The van der Waals surface area contributed by atoms with Gasteiger partial charge >= 0.3 is 7.82 Å². The Labute approximate surface area is 444 Å². The summed E-state index contributed by atoms with van der Waals surface area (Å²) in [6.07, 6.45) is 77.6. The van der Waals surface area contributed by atoms with Gasteiger partial charge in [-0.15, -0.1) is 0 Å². The van der Waals surface area contributed by atoms with E-state index in [1.807, 2.05) is 27.2 Å². The second kappa shape index (κ2) is 53.0. The summed E-state index contributed by atoms with van der Waals surface area (Å²) in [6.45, 7) is 4.67. The van der Waals surface area contributed by atoms with Crippen LogP contribution in [-0.4, -0.2) is 73.4 Å². The lowest BCUT2D eigenvalue weighted by Gasteiger charge is -2.25. The van der Waals surface area contributed by atoms with Crippen LogP contribution in [0.4, 0.5) is 0 Å². The molecule has 8 nitrogen and oxygen atoms in total. The third-order valence-electron chi connectivity index (χ3n) is 12.5. The van der Waals surface area contributed by atoms with Crippen LogP contribution >= 0.6 is 7.82 Å². The fraction of sp³-hybridized carbons (Fsp3) is 0.698. The first-order valence-corrected chi connectivity index (χ1v) is 30.8. The molecule has 0 radical (unpaired) electrons. The molecule has 0 aliphatic carbocycles. The number of hydrogen-bond donors (Lipinski definition) is 3. The largest absolute Gasteiger partial charge is 0.472 e. The van der Waals surface area contributed by atoms with E-state index in [-0.39, 0.29) is 19.1 Å². The number of aliphatic hydroxyl groups excluding tert-OH is 1. The molecule has 0 aromatic rings. The molecule has 0 spiro atoms. The van der Waals surface area contributed by atoms with E-state index < -0.39 is 20.0 Å². The van der Waals surface area contributed by atoms with Crippen LogP contribution in [0.3, 0.4) is 0 Å². The number of carbonyl (C=O) groups excluding carboxylic acids is 1. The SMILES string of the molecule is CC/C=C\C/C=C\C/C=C\C/C=C\C/C=C\C/C=C\CCCCCCCCCCCCCCC(=O)NC(COP(=O)(O)OCC[N+](C)(C)C)C(O)/C=C/CC/C=C/CC/C=C/CCCCCCCCCCC. The average Bonchev–Trinajstić information content (AvgIpc) is 3.34. The van der Waals surface area contributed by atoms with Crippen molar-refractivity contribution in [1.82, 2.24) is 5.32 Å². The first-order chi connectivity index (χ1) is 35.0. The zero-order valence-electron chi connectivity index (χ0n) is 47.1. The maximum Gasteiger partial charge on any atom is 0.472 e. The first kappa shape index (κ1) is 69.2. The van der Waals surface area contributed by atoms with Crippen molar-refractivity contribution in [2.75, 3.05) is 40.9 Å². The molecule has 0 aromatic carbocycles. The van der Waals surface area contributed by atoms with Gasteiger partial charge in [0.2, 0.25) is 5.91 Å². The van der Waals surface area contributed by atoms with Crippen molar-refractivity contribution in [1.29, 1.82) is 0 Å². The monoisotopic (exact) mass is 1020 g/mol. The fourth-order valence-electron chi connectivity index (χ4n) is 7.90. The zero-order chi connectivity index (χ0) is 52.7. The van der Waals surface area contributed by atoms with Gasteiger partial charge in [0.05, 0.1) is 39.9 Å². The number of likely N-dealkylation sites (N-methyl/N-ethyl adjacent to an activating group) is 1. The topological polar surface area (TPSA) is 105 Å². The highest BCUT2D eigenvalue weighted by Gasteiger charge is 2.27. The van der Waals surface area contributed by atoms with Crippen molar-refractivity contribution in [2.45, 2.75) is 244 Å². The average molecular weight is 1020 g/mol. The van der Waals surface area contributed by atoms with Gasteiger partial charge in [-0.3, -0.25) is 13.8 Å². The highest BCUT2D eigenvalue weighted by atomic mass is 31.2. The minimum absolute atomic E-state index is 0.0484. The number of unbranched alkanes of at least 4 members (excludes halogenated alkanes) is 23. The predicted octanol–water partition coefficient (Wildman–Crippen LogP) is 18.0. The zero-order valence-corrected chi connectivity index (χ0v) is 48.0. The van der Waals surface area contributed by atoms with Crippen molar-refractivity contribution < 1.29 is 32.9 Å². The molecular weight excluding hydrogens is 912 g/mol. The molecular formula is C63H112N2O6P+. The van der Waals surface area contributed by atoms with Crippen molar-refractivity contribution in [3.63, 3.8) is 0 Å². The number of phosphoric ester groups is 1. The molecule has 0 bridgehead atoms. The van der Waals surface area contributed by atoms with Gasteiger partial charge in [0.1, 0.15) is 13.2 Å². The molecule has 0 aliphatic heterocycles. The van der Waals surface area contributed by atoms with Crippen LogP contribution in [0.25, 0.3) is 0 Å². The Morgan fingerprint density at radius 3 is 1.28 bits per heavy atom. The van der Waals surface area contributed by atoms with Gasteiger partial charge in [-0.1, -0.05) is 239 Å². The minimum atomic E-state index is -4.37. The van der Waals surface area contributed by atoms with Crippen LogP contribution in [0.15, 0.2) is 109 Å². The van der Waals surface area contributed by atoms with Gasteiger partial charge in [0, 0.05) is 6.42 Å². The molecule has 3 unspecified atom stereocenters. The number of hydrogen-bond acceptors (Lipinski definition) is 5. The van der Waals surface area contributed by atoms with Gasteiger partial charge in [0.15, 0.2) is 0 Å². The number of phosphoric acid groups is 1. The molecule has 0 fully saturated rings. The normalized spacial score (nSPS) is 14.7. The molecule has 0 aromatic heterocycles. The Morgan fingerprint density at radius 1 is 0.486 bits per heavy atom. The molecule has 72 heavy (non-hydrogen) atoms. The molecule has 9 heteroatoms. The van der Waals surface area contributed by atoms with Crippen LogP contribution in [0.2, 0.25) is 0 Å². The molecule has 3 atom stereocenters. The number of nitrogens with one attached hydrogen (secondary N) is 1. The van der Waals surface area contributed by atoms with E-state index in [9.17, 15) is 19.4 Å². The van der Waals surface area contributed by atoms with Gasteiger partial charge in [-0.25, -0.2) is 4.57 Å².